The predicted molar refractivity (Wildman–Crippen MR) is 120 cm³/mol. The Hall–Kier alpha value is -3.08. The number of hydrogen-bond acceptors (Lipinski definition) is 5. The highest BCUT2D eigenvalue weighted by Gasteiger charge is 2.17. The van der Waals surface area contributed by atoms with Gasteiger partial charge in [-0.15, -0.1) is 0 Å². The van der Waals surface area contributed by atoms with Crippen molar-refractivity contribution in [1.82, 2.24) is 9.97 Å². The molecule has 5 rings (SSSR count). The number of rotatable bonds is 5. The fraction of sp³-hybridized carbons (Fsp3) is 0.333. The van der Waals surface area contributed by atoms with Gasteiger partial charge in [-0.2, -0.15) is 4.98 Å². The Morgan fingerprint density at radius 1 is 0.690 bits per heavy atom. The van der Waals surface area contributed by atoms with Crippen molar-refractivity contribution < 1.29 is 0 Å². The summed E-state index contributed by atoms with van der Waals surface area (Å²) < 4.78 is 0. The van der Waals surface area contributed by atoms with Crippen LogP contribution in [0.25, 0.3) is 11.3 Å². The van der Waals surface area contributed by atoms with E-state index < -0.39 is 0 Å². The maximum Gasteiger partial charge on any atom is 0.227 e. The third-order valence-electron chi connectivity index (χ3n) is 5.78. The van der Waals surface area contributed by atoms with E-state index in [4.69, 9.17) is 9.97 Å². The minimum Gasteiger partial charge on any atom is -0.372 e. The van der Waals surface area contributed by atoms with Crippen LogP contribution in [0.2, 0.25) is 0 Å². The van der Waals surface area contributed by atoms with E-state index in [1.165, 1.54) is 31.4 Å². The maximum atomic E-state index is 4.86. The lowest BCUT2D eigenvalue weighted by molar-refractivity contribution is 0.902. The van der Waals surface area contributed by atoms with Crippen LogP contribution in [-0.4, -0.2) is 36.1 Å². The van der Waals surface area contributed by atoms with Gasteiger partial charge in [-0.25, -0.2) is 4.98 Å². The van der Waals surface area contributed by atoms with E-state index in [1.54, 1.807) is 0 Å². The topological polar surface area (TPSA) is 44.3 Å². The molecule has 29 heavy (non-hydrogen) atoms. The highest BCUT2D eigenvalue weighted by Crippen LogP contribution is 2.28. The monoisotopic (exact) mass is 385 g/mol. The summed E-state index contributed by atoms with van der Waals surface area (Å²) in [6.07, 6.45) is 5.00. The molecule has 0 radical (unpaired) electrons. The Kier molecular flexibility index (Phi) is 5.03. The summed E-state index contributed by atoms with van der Waals surface area (Å²) >= 11 is 0. The quantitative estimate of drug-likeness (QED) is 0.663. The molecule has 0 atom stereocenters. The first-order valence-corrected chi connectivity index (χ1v) is 10.7. The zero-order chi connectivity index (χ0) is 19.5. The molecule has 0 bridgehead atoms. The molecule has 0 aliphatic carbocycles. The standard InChI is InChI=1S/C24H27N5/c1-2-8-19(9-3-1)22-18-23(27-24(26-22)29-16-6-7-17-29)25-20-10-12-21(13-11-20)28-14-4-5-15-28/h1-3,8-13,18H,4-7,14-17H2,(H,25,26,27). The van der Waals surface area contributed by atoms with Crippen molar-refractivity contribution in [2.75, 3.05) is 41.3 Å². The van der Waals surface area contributed by atoms with Gasteiger partial charge in [0.25, 0.3) is 0 Å². The van der Waals surface area contributed by atoms with E-state index in [0.29, 0.717) is 0 Å². The second-order valence-electron chi connectivity index (χ2n) is 7.86. The van der Waals surface area contributed by atoms with Crippen molar-refractivity contribution in [3.63, 3.8) is 0 Å². The zero-order valence-electron chi connectivity index (χ0n) is 16.7. The van der Waals surface area contributed by atoms with Crippen molar-refractivity contribution in [1.29, 1.82) is 0 Å². The van der Waals surface area contributed by atoms with Crippen LogP contribution in [-0.2, 0) is 0 Å². The van der Waals surface area contributed by atoms with Crippen molar-refractivity contribution in [3.05, 3.63) is 60.7 Å². The molecule has 0 unspecified atom stereocenters. The molecule has 148 valence electrons. The summed E-state index contributed by atoms with van der Waals surface area (Å²) in [7, 11) is 0. The summed E-state index contributed by atoms with van der Waals surface area (Å²) in [6.45, 7) is 4.39. The molecular formula is C24H27N5. The molecule has 0 saturated carbocycles. The largest absolute Gasteiger partial charge is 0.372 e. The number of hydrogen-bond donors (Lipinski definition) is 1. The van der Waals surface area contributed by atoms with Crippen LogP contribution in [0, 0.1) is 0 Å². The number of anilines is 4. The van der Waals surface area contributed by atoms with Gasteiger partial charge >= 0.3 is 0 Å². The Labute approximate surface area is 172 Å². The summed E-state index contributed by atoms with van der Waals surface area (Å²) in [6, 6.07) is 21.1. The summed E-state index contributed by atoms with van der Waals surface area (Å²) in [5, 5.41) is 3.50. The van der Waals surface area contributed by atoms with E-state index in [2.05, 4.69) is 63.6 Å². The predicted octanol–water partition coefficient (Wildman–Crippen LogP) is 5.09. The van der Waals surface area contributed by atoms with Gasteiger partial charge in [-0.3, -0.25) is 0 Å². The molecule has 5 nitrogen and oxygen atoms in total. The Balaban J connectivity index is 1.43. The van der Waals surface area contributed by atoms with E-state index >= 15 is 0 Å². The van der Waals surface area contributed by atoms with Crippen LogP contribution in [0.5, 0.6) is 0 Å². The lowest BCUT2D eigenvalue weighted by atomic mass is 10.1. The third-order valence-corrected chi connectivity index (χ3v) is 5.78. The molecular weight excluding hydrogens is 358 g/mol. The molecule has 2 aliphatic heterocycles. The molecule has 3 aromatic rings. The molecule has 1 N–H and O–H groups in total. The summed E-state index contributed by atoms with van der Waals surface area (Å²) in [5.74, 6) is 1.66. The van der Waals surface area contributed by atoms with E-state index in [1.807, 2.05) is 12.1 Å². The third kappa shape index (κ3) is 4.04. The minimum atomic E-state index is 0.819. The molecule has 1 aromatic heterocycles. The van der Waals surface area contributed by atoms with Crippen molar-refractivity contribution >= 4 is 23.1 Å². The molecule has 3 heterocycles. The molecule has 0 amide bonds. The normalized spacial score (nSPS) is 16.4. The fourth-order valence-electron chi connectivity index (χ4n) is 4.19. The molecule has 2 fully saturated rings. The first-order chi connectivity index (χ1) is 14.3. The Morgan fingerprint density at radius 2 is 1.34 bits per heavy atom. The Bertz CT molecular complexity index is 943. The first kappa shape index (κ1) is 18.0. The van der Waals surface area contributed by atoms with E-state index in [-0.39, 0.29) is 0 Å². The molecule has 5 heteroatoms. The van der Waals surface area contributed by atoms with Crippen LogP contribution in [0.15, 0.2) is 60.7 Å². The average Bonchev–Trinajstić information content (AvgIpc) is 3.49. The highest BCUT2D eigenvalue weighted by molar-refractivity contribution is 5.68. The van der Waals surface area contributed by atoms with Crippen LogP contribution >= 0.6 is 0 Å². The van der Waals surface area contributed by atoms with Crippen LogP contribution in [0.3, 0.4) is 0 Å². The second kappa shape index (κ2) is 8.11. The van der Waals surface area contributed by atoms with Gasteiger partial charge in [-0.05, 0) is 49.9 Å². The second-order valence-corrected chi connectivity index (χ2v) is 7.86. The number of nitrogens with zero attached hydrogens (tertiary/aromatic N) is 4. The van der Waals surface area contributed by atoms with Crippen molar-refractivity contribution in [3.8, 4) is 11.3 Å². The molecule has 2 saturated heterocycles. The minimum absolute atomic E-state index is 0.819. The van der Waals surface area contributed by atoms with Crippen molar-refractivity contribution in [2.24, 2.45) is 0 Å². The fourth-order valence-corrected chi connectivity index (χ4v) is 4.19. The van der Waals surface area contributed by atoms with Gasteiger partial charge in [0.1, 0.15) is 5.82 Å². The van der Waals surface area contributed by atoms with Crippen LogP contribution in [0.4, 0.5) is 23.1 Å². The lowest BCUT2D eigenvalue weighted by Crippen LogP contribution is -2.21. The van der Waals surface area contributed by atoms with Crippen LogP contribution < -0.4 is 15.1 Å². The zero-order valence-corrected chi connectivity index (χ0v) is 16.7. The molecule has 2 aromatic carbocycles. The summed E-state index contributed by atoms with van der Waals surface area (Å²) in [5.41, 5.74) is 4.43. The number of aromatic nitrogens is 2. The smallest absolute Gasteiger partial charge is 0.227 e. The van der Waals surface area contributed by atoms with Gasteiger partial charge < -0.3 is 15.1 Å². The number of nitrogens with one attached hydrogen (secondary N) is 1. The highest BCUT2D eigenvalue weighted by atomic mass is 15.3. The Morgan fingerprint density at radius 3 is 2.03 bits per heavy atom. The SMILES string of the molecule is c1ccc(-c2cc(Nc3ccc(N4CCCC4)cc3)nc(N3CCCC3)n2)cc1. The van der Waals surface area contributed by atoms with E-state index in [9.17, 15) is 0 Å². The van der Waals surface area contributed by atoms with Gasteiger partial charge in [0.2, 0.25) is 5.95 Å². The summed E-state index contributed by atoms with van der Waals surface area (Å²) in [4.78, 5) is 14.4. The van der Waals surface area contributed by atoms with Gasteiger partial charge in [-0.1, -0.05) is 30.3 Å². The van der Waals surface area contributed by atoms with E-state index in [0.717, 1.165) is 54.9 Å². The molecule has 0 spiro atoms. The van der Waals surface area contributed by atoms with Gasteiger partial charge in [0, 0.05) is 49.2 Å². The maximum absolute atomic E-state index is 4.86. The van der Waals surface area contributed by atoms with Crippen LogP contribution in [0.1, 0.15) is 25.7 Å². The first-order valence-electron chi connectivity index (χ1n) is 10.7. The lowest BCUT2D eigenvalue weighted by Gasteiger charge is -2.19. The number of benzene rings is 2. The molecule has 2 aliphatic rings. The van der Waals surface area contributed by atoms with Crippen molar-refractivity contribution in [2.45, 2.75) is 25.7 Å². The average molecular weight is 386 g/mol. The van der Waals surface area contributed by atoms with Gasteiger partial charge in [0.15, 0.2) is 0 Å². The van der Waals surface area contributed by atoms with Gasteiger partial charge in [0.05, 0.1) is 5.69 Å².